The van der Waals surface area contributed by atoms with E-state index in [-0.39, 0.29) is 0 Å². The number of fused-ring (bicyclic) bond motifs is 1. The van der Waals surface area contributed by atoms with Crippen LogP contribution in [0.3, 0.4) is 0 Å². The van der Waals surface area contributed by atoms with Crippen LogP contribution in [-0.2, 0) is 4.79 Å². The van der Waals surface area contributed by atoms with Crippen LogP contribution < -0.4 is 10.5 Å². The van der Waals surface area contributed by atoms with Crippen molar-refractivity contribution in [2.75, 3.05) is 5.73 Å². The summed E-state index contributed by atoms with van der Waals surface area (Å²) in [6.07, 6.45) is 1.42. The number of carbonyl (C=O) groups is 1. The molecule has 0 radical (unpaired) electrons. The summed E-state index contributed by atoms with van der Waals surface area (Å²) in [4.78, 5) is 14.9. The summed E-state index contributed by atoms with van der Waals surface area (Å²) < 4.78 is 4.95. The van der Waals surface area contributed by atoms with Crippen molar-refractivity contribution in [3.05, 3.63) is 30.0 Å². The average Bonchev–Trinajstić information content (AvgIpc) is 2.29. The Hall–Kier alpha value is -2.61. The number of anilines is 1. The van der Waals surface area contributed by atoms with Crippen LogP contribution in [0.1, 0.15) is 12.5 Å². The molecule has 1 aromatic carbocycles. The van der Waals surface area contributed by atoms with Crippen molar-refractivity contribution in [1.29, 1.82) is 5.26 Å². The fraction of sp³-hybridized carbons (Fsp3) is 0.0833. The quantitative estimate of drug-likeness (QED) is 0.590. The minimum absolute atomic E-state index is 0.303. The normalized spacial score (nSPS) is 9.88. The molecule has 0 aliphatic carbocycles. The monoisotopic (exact) mass is 227 g/mol. The molecule has 17 heavy (non-hydrogen) atoms. The molecule has 0 aliphatic heterocycles. The van der Waals surface area contributed by atoms with Crippen LogP contribution in [0.5, 0.6) is 5.75 Å². The molecular formula is C12H9N3O2. The number of esters is 1. The highest BCUT2D eigenvalue weighted by molar-refractivity contribution is 5.93. The van der Waals surface area contributed by atoms with Gasteiger partial charge < -0.3 is 10.5 Å². The van der Waals surface area contributed by atoms with Gasteiger partial charge in [0.15, 0.2) is 0 Å². The number of benzene rings is 1. The first kappa shape index (κ1) is 10.9. The second-order valence-electron chi connectivity index (χ2n) is 3.47. The van der Waals surface area contributed by atoms with Crippen LogP contribution >= 0.6 is 0 Å². The van der Waals surface area contributed by atoms with Gasteiger partial charge in [0.25, 0.3) is 0 Å². The number of carbonyl (C=O) groups excluding carboxylic acids is 1. The number of nitrogens with two attached hydrogens (primary N) is 1. The van der Waals surface area contributed by atoms with E-state index < -0.39 is 5.97 Å². The molecule has 5 nitrogen and oxygen atoms in total. The van der Waals surface area contributed by atoms with E-state index in [0.717, 1.165) is 0 Å². The van der Waals surface area contributed by atoms with E-state index in [1.54, 1.807) is 18.2 Å². The largest absolute Gasteiger partial charge is 0.427 e. The SMILES string of the molecule is CC(=O)Oc1ccc2ncc(C#N)c(N)c2c1. The van der Waals surface area contributed by atoms with Gasteiger partial charge in [-0.1, -0.05) is 0 Å². The first-order chi connectivity index (χ1) is 8.11. The fourth-order valence-electron chi connectivity index (χ4n) is 1.51. The Balaban J connectivity index is 2.63. The molecular weight excluding hydrogens is 218 g/mol. The zero-order valence-corrected chi connectivity index (χ0v) is 9.10. The van der Waals surface area contributed by atoms with Crippen molar-refractivity contribution in [1.82, 2.24) is 4.98 Å². The van der Waals surface area contributed by atoms with Crippen molar-refractivity contribution in [2.45, 2.75) is 6.92 Å². The number of nitrogen functional groups attached to an aromatic ring is 1. The Morgan fingerprint density at radius 1 is 1.53 bits per heavy atom. The second-order valence-corrected chi connectivity index (χ2v) is 3.47. The Labute approximate surface area is 97.4 Å². The molecule has 0 atom stereocenters. The van der Waals surface area contributed by atoms with Gasteiger partial charge in [-0.05, 0) is 18.2 Å². The lowest BCUT2D eigenvalue weighted by atomic mass is 10.1. The molecule has 2 N–H and O–H groups in total. The van der Waals surface area contributed by atoms with E-state index in [1.165, 1.54) is 13.1 Å². The zero-order valence-electron chi connectivity index (χ0n) is 9.10. The molecule has 0 saturated heterocycles. The number of nitriles is 1. The lowest BCUT2D eigenvalue weighted by Crippen LogP contribution is -2.01. The highest BCUT2D eigenvalue weighted by Gasteiger charge is 2.07. The van der Waals surface area contributed by atoms with Crippen LogP contribution in [0.2, 0.25) is 0 Å². The van der Waals surface area contributed by atoms with Crippen LogP contribution in [0.15, 0.2) is 24.4 Å². The second kappa shape index (κ2) is 4.10. The molecule has 2 aromatic rings. The molecule has 1 heterocycles. The van der Waals surface area contributed by atoms with Gasteiger partial charge in [-0.15, -0.1) is 0 Å². The third kappa shape index (κ3) is 2.01. The lowest BCUT2D eigenvalue weighted by Gasteiger charge is -2.05. The van der Waals surface area contributed by atoms with Crippen LogP contribution in [-0.4, -0.2) is 11.0 Å². The number of hydrogen-bond donors (Lipinski definition) is 1. The van der Waals surface area contributed by atoms with Gasteiger partial charge in [-0.3, -0.25) is 9.78 Å². The van der Waals surface area contributed by atoms with E-state index in [4.69, 9.17) is 15.7 Å². The summed E-state index contributed by atoms with van der Waals surface area (Å²) >= 11 is 0. The van der Waals surface area contributed by atoms with Crippen molar-refractivity contribution >= 4 is 22.6 Å². The minimum Gasteiger partial charge on any atom is -0.427 e. The Kier molecular flexibility index (Phi) is 2.63. The number of aromatic nitrogens is 1. The average molecular weight is 227 g/mol. The smallest absolute Gasteiger partial charge is 0.308 e. The van der Waals surface area contributed by atoms with Gasteiger partial charge in [0.2, 0.25) is 0 Å². The number of nitrogens with zero attached hydrogens (tertiary/aromatic N) is 2. The summed E-state index contributed by atoms with van der Waals surface area (Å²) in [7, 11) is 0. The molecule has 0 saturated carbocycles. The van der Waals surface area contributed by atoms with E-state index in [9.17, 15) is 4.79 Å². The maximum Gasteiger partial charge on any atom is 0.308 e. The van der Waals surface area contributed by atoms with Gasteiger partial charge in [0, 0.05) is 18.5 Å². The predicted molar refractivity (Wildman–Crippen MR) is 62.2 cm³/mol. The van der Waals surface area contributed by atoms with Gasteiger partial charge >= 0.3 is 5.97 Å². The van der Waals surface area contributed by atoms with Gasteiger partial charge in [-0.2, -0.15) is 5.26 Å². The summed E-state index contributed by atoms with van der Waals surface area (Å²) in [6, 6.07) is 6.86. The predicted octanol–water partition coefficient (Wildman–Crippen LogP) is 1.61. The third-order valence-electron chi connectivity index (χ3n) is 2.26. The molecule has 2 rings (SSSR count). The Morgan fingerprint density at radius 3 is 2.94 bits per heavy atom. The van der Waals surface area contributed by atoms with Crippen LogP contribution in [0, 0.1) is 11.3 Å². The highest BCUT2D eigenvalue weighted by atomic mass is 16.5. The van der Waals surface area contributed by atoms with Gasteiger partial charge in [-0.25, -0.2) is 0 Å². The van der Waals surface area contributed by atoms with Crippen molar-refractivity contribution in [3.63, 3.8) is 0 Å². The minimum atomic E-state index is -0.410. The number of hydrogen-bond acceptors (Lipinski definition) is 5. The molecule has 0 amide bonds. The standard InChI is InChI=1S/C12H9N3O2/c1-7(16)17-9-2-3-11-10(4-9)12(14)8(5-13)6-15-11/h2-4,6H,1H3,(H2,14,15). The lowest BCUT2D eigenvalue weighted by molar-refractivity contribution is -0.131. The van der Waals surface area contributed by atoms with Crippen molar-refractivity contribution in [3.8, 4) is 11.8 Å². The first-order valence-corrected chi connectivity index (χ1v) is 4.88. The Bertz CT molecular complexity index is 644. The maximum atomic E-state index is 10.8. The molecule has 84 valence electrons. The van der Waals surface area contributed by atoms with E-state index in [2.05, 4.69) is 4.98 Å². The van der Waals surface area contributed by atoms with Gasteiger partial charge in [0.1, 0.15) is 11.8 Å². The molecule has 1 aromatic heterocycles. The topological polar surface area (TPSA) is 89.0 Å². The van der Waals surface area contributed by atoms with E-state index in [1.807, 2.05) is 6.07 Å². The molecule has 0 unspecified atom stereocenters. The fourth-order valence-corrected chi connectivity index (χ4v) is 1.51. The molecule has 0 aliphatic rings. The maximum absolute atomic E-state index is 10.8. The number of ether oxygens (including phenoxy) is 1. The zero-order chi connectivity index (χ0) is 12.4. The highest BCUT2D eigenvalue weighted by Crippen LogP contribution is 2.26. The molecule has 0 bridgehead atoms. The number of pyridine rings is 1. The summed E-state index contributed by atoms with van der Waals surface area (Å²) in [5, 5.41) is 9.44. The van der Waals surface area contributed by atoms with Crippen molar-refractivity contribution < 1.29 is 9.53 Å². The summed E-state index contributed by atoms with van der Waals surface area (Å²) in [6.45, 7) is 1.32. The number of rotatable bonds is 1. The summed E-state index contributed by atoms with van der Waals surface area (Å²) in [5.74, 6) is -0.0269. The third-order valence-corrected chi connectivity index (χ3v) is 2.26. The van der Waals surface area contributed by atoms with Crippen LogP contribution in [0.4, 0.5) is 5.69 Å². The first-order valence-electron chi connectivity index (χ1n) is 4.88. The summed E-state index contributed by atoms with van der Waals surface area (Å²) in [5.41, 5.74) is 7.12. The van der Waals surface area contributed by atoms with Gasteiger partial charge in [0.05, 0.1) is 16.8 Å². The Morgan fingerprint density at radius 2 is 2.29 bits per heavy atom. The van der Waals surface area contributed by atoms with Crippen LogP contribution in [0.25, 0.3) is 10.9 Å². The molecule has 0 spiro atoms. The molecule has 5 heteroatoms. The van der Waals surface area contributed by atoms with Crippen molar-refractivity contribution in [2.24, 2.45) is 0 Å². The molecule has 0 fully saturated rings. The van der Waals surface area contributed by atoms with E-state index in [0.29, 0.717) is 27.9 Å². The van der Waals surface area contributed by atoms with E-state index >= 15 is 0 Å².